The van der Waals surface area contributed by atoms with Crippen LogP contribution in [0.1, 0.15) is 19.4 Å². The van der Waals surface area contributed by atoms with E-state index in [1.807, 2.05) is 38.1 Å². The van der Waals surface area contributed by atoms with Crippen molar-refractivity contribution < 1.29 is 4.79 Å². The minimum absolute atomic E-state index is 0.192. The molecule has 4 heteroatoms. The molecule has 16 heavy (non-hydrogen) atoms. The molecule has 1 aromatic rings. The minimum Gasteiger partial charge on any atom is -0.281 e. The van der Waals surface area contributed by atoms with E-state index in [-0.39, 0.29) is 11.3 Å². The first-order valence-electron chi connectivity index (χ1n) is 5.19. The third-order valence-corrected chi connectivity index (χ3v) is 4.48. The molecular weight excluding hydrogens is 242 g/mol. The number of rotatable bonds is 2. The van der Waals surface area contributed by atoms with E-state index >= 15 is 0 Å². The van der Waals surface area contributed by atoms with Crippen LogP contribution in [0, 0.1) is 5.41 Å². The van der Waals surface area contributed by atoms with Gasteiger partial charge in [-0.05, 0) is 23.6 Å². The van der Waals surface area contributed by atoms with Crippen LogP contribution in [0.3, 0.4) is 0 Å². The zero-order valence-electron chi connectivity index (χ0n) is 9.37. The van der Waals surface area contributed by atoms with E-state index in [1.54, 1.807) is 16.3 Å². The number of halogens is 1. The Morgan fingerprint density at radius 3 is 2.69 bits per heavy atom. The Morgan fingerprint density at radius 2 is 2.12 bits per heavy atom. The number of amides is 1. The first kappa shape index (κ1) is 11.8. The van der Waals surface area contributed by atoms with Gasteiger partial charge in [0.15, 0.2) is 0 Å². The van der Waals surface area contributed by atoms with E-state index in [2.05, 4.69) is 0 Å². The highest BCUT2D eigenvalue weighted by Gasteiger charge is 2.39. The molecule has 0 N–H and O–H groups in total. The quantitative estimate of drug-likeness (QED) is 0.756. The molecule has 0 bridgehead atoms. The Balaban J connectivity index is 2.13. The molecule has 1 saturated heterocycles. The van der Waals surface area contributed by atoms with Crippen LogP contribution < -0.4 is 0 Å². The van der Waals surface area contributed by atoms with Crippen LogP contribution in [-0.2, 0) is 11.3 Å². The van der Waals surface area contributed by atoms with Gasteiger partial charge in [0.1, 0.15) is 0 Å². The Labute approximate surface area is 105 Å². The Morgan fingerprint density at radius 1 is 1.44 bits per heavy atom. The Kier molecular flexibility index (Phi) is 3.17. The van der Waals surface area contributed by atoms with Gasteiger partial charge in [0.25, 0.3) is 0 Å². The highest BCUT2D eigenvalue weighted by Crippen LogP contribution is 2.37. The minimum atomic E-state index is -0.244. The molecule has 2 nitrogen and oxygen atoms in total. The zero-order chi connectivity index (χ0) is 11.8. The van der Waals surface area contributed by atoms with Crippen LogP contribution in [0.5, 0.6) is 0 Å². The number of hydrogen-bond donors (Lipinski definition) is 0. The van der Waals surface area contributed by atoms with Crippen molar-refractivity contribution in [1.82, 2.24) is 4.31 Å². The summed E-state index contributed by atoms with van der Waals surface area (Å²) in [6, 6.07) is 7.65. The van der Waals surface area contributed by atoms with Crippen molar-refractivity contribution in [1.29, 1.82) is 0 Å². The molecule has 0 saturated carbocycles. The predicted octanol–water partition coefficient (Wildman–Crippen LogP) is 3.36. The SMILES string of the molecule is CC1(C)CSN(Cc2ccccc2Cl)C1=O. The average Bonchev–Trinajstić information content (AvgIpc) is 2.49. The van der Waals surface area contributed by atoms with Gasteiger partial charge in [-0.2, -0.15) is 0 Å². The molecule has 0 atom stereocenters. The molecule has 1 amide bonds. The number of benzene rings is 1. The van der Waals surface area contributed by atoms with E-state index in [9.17, 15) is 4.79 Å². The summed E-state index contributed by atoms with van der Waals surface area (Å²) in [6.45, 7) is 4.55. The normalized spacial score (nSPS) is 19.2. The predicted molar refractivity (Wildman–Crippen MR) is 68.2 cm³/mol. The molecular formula is C12H14ClNOS. The highest BCUT2D eigenvalue weighted by molar-refractivity contribution is 7.98. The van der Waals surface area contributed by atoms with Crippen molar-refractivity contribution >= 4 is 29.5 Å². The molecule has 86 valence electrons. The molecule has 2 rings (SSSR count). The Hall–Kier alpha value is -0.670. The second-order valence-corrected chi connectivity index (χ2v) is 5.99. The molecule has 1 aromatic carbocycles. The lowest BCUT2D eigenvalue weighted by molar-refractivity contribution is -0.132. The van der Waals surface area contributed by atoms with E-state index in [4.69, 9.17) is 11.6 Å². The van der Waals surface area contributed by atoms with Gasteiger partial charge < -0.3 is 0 Å². The lowest BCUT2D eigenvalue weighted by Gasteiger charge is -2.18. The fourth-order valence-corrected chi connectivity index (χ4v) is 2.99. The molecule has 0 aliphatic carbocycles. The van der Waals surface area contributed by atoms with E-state index in [0.29, 0.717) is 6.54 Å². The standard InChI is InChI=1S/C12H14ClNOS/c1-12(2)8-16-14(11(12)15)7-9-5-3-4-6-10(9)13/h3-6H,7-8H2,1-2H3. The monoisotopic (exact) mass is 255 g/mol. The van der Waals surface area contributed by atoms with E-state index in [0.717, 1.165) is 16.3 Å². The third-order valence-electron chi connectivity index (χ3n) is 2.66. The van der Waals surface area contributed by atoms with Gasteiger partial charge in [-0.15, -0.1) is 0 Å². The van der Waals surface area contributed by atoms with Crippen LogP contribution in [0.25, 0.3) is 0 Å². The summed E-state index contributed by atoms with van der Waals surface area (Å²) in [7, 11) is 0. The topological polar surface area (TPSA) is 20.3 Å². The van der Waals surface area contributed by atoms with Gasteiger partial charge in [0.05, 0.1) is 12.0 Å². The summed E-state index contributed by atoms with van der Waals surface area (Å²) in [5.74, 6) is 1.04. The van der Waals surface area contributed by atoms with E-state index in [1.165, 1.54) is 0 Å². The number of nitrogens with zero attached hydrogens (tertiary/aromatic N) is 1. The largest absolute Gasteiger partial charge is 0.281 e. The molecule has 0 spiro atoms. The van der Waals surface area contributed by atoms with Crippen molar-refractivity contribution in [2.45, 2.75) is 20.4 Å². The van der Waals surface area contributed by atoms with Crippen molar-refractivity contribution in [3.05, 3.63) is 34.9 Å². The smallest absolute Gasteiger partial charge is 0.239 e. The summed E-state index contributed by atoms with van der Waals surface area (Å²) in [5.41, 5.74) is 0.758. The summed E-state index contributed by atoms with van der Waals surface area (Å²) >= 11 is 7.66. The number of carbonyl (C=O) groups is 1. The summed E-state index contributed by atoms with van der Waals surface area (Å²) in [6.07, 6.45) is 0. The van der Waals surface area contributed by atoms with Crippen molar-refractivity contribution in [3.8, 4) is 0 Å². The van der Waals surface area contributed by atoms with Crippen molar-refractivity contribution in [2.75, 3.05) is 5.75 Å². The lowest BCUT2D eigenvalue weighted by Crippen LogP contribution is -2.29. The molecule has 0 aromatic heterocycles. The summed E-state index contributed by atoms with van der Waals surface area (Å²) < 4.78 is 1.81. The molecule has 1 fully saturated rings. The zero-order valence-corrected chi connectivity index (χ0v) is 10.9. The van der Waals surface area contributed by atoms with E-state index < -0.39 is 0 Å². The Bertz CT molecular complexity index is 419. The van der Waals surface area contributed by atoms with Gasteiger partial charge in [0, 0.05) is 10.8 Å². The second-order valence-electron chi connectivity index (χ2n) is 4.59. The fourth-order valence-electron chi connectivity index (χ4n) is 1.60. The number of carbonyl (C=O) groups excluding carboxylic acids is 1. The second kappa shape index (κ2) is 4.30. The maximum Gasteiger partial charge on any atom is 0.239 e. The molecule has 1 aliphatic heterocycles. The lowest BCUT2D eigenvalue weighted by atomic mass is 9.95. The van der Waals surface area contributed by atoms with Gasteiger partial charge >= 0.3 is 0 Å². The van der Waals surface area contributed by atoms with Crippen molar-refractivity contribution in [3.63, 3.8) is 0 Å². The molecule has 1 heterocycles. The van der Waals surface area contributed by atoms with Crippen LogP contribution in [0.15, 0.2) is 24.3 Å². The van der Waals surface area contributed by atoms with Crippen LogP contribution in [0.2, 0.25) is 5.02 Å². The maximum absolute atomic E-state index is 12.0. The highest BCUT2D eigenvalue weighted by atomic mass is 35.5. The van der Waals surface area contributed by atoms with Crippen LogP contribution in [-0.4, -0.2) is 16.0 Å². The molecule has 0 unspecified atom stereocenters. The van der Waals surface area contributed by atoms with Gasteiger partial charge in [-0.25, -0.2) is 0 Å². The van der Waals surface area contributed by atoms with Gasteiger partial charge in [-0.1, -0.05) is 43.6 Å². The first-order valence-corrected chi connectivity index (χ1v) is 6.51. The maximum atomic E-state index is 12.0. The average molecular weight is 256 g/mol. The fraction of sp³-hybridized carbons (Fsp3) is 0.417. The van der Waals surface area contributed by atoms with Crippen LogP contribution in [0.4, 0.5) is 0 Å². The number of hydrogen-bond acceptors (Lipinski definition) is 2. The molecule has 1 aliphatic rings. The van der Waals surface area contributed by atoms with Crippen LogP contribution >= 0.6 is 23.5 Å². The van der Waals surface area contributed by atoms with Gasteiger partial charge in [-0.3, -0.25) is 9.10 Å². The van der Waals surface area contributed by atoms with Gasteiger partial charge in [0.2, 0.25) is 5.91 Å². The summed E-state index contributed by atoms with van der Waals surface area (Å²) in [5, 5.41) is 0.723. The summed E-state index contributed by atoms with van der Waals surface area (Å²) in [4.78, 5) is 12.0. The first-order chi connectivity index (χ1) is 7.50. The third kappa shape index (κ3) is 2.20. The molecule has 0 radical (unpaired) electrons. The van der Waals surface area contributed by atoms with Crippen molar-refractivity contribution in [2.24, 2.45) is 5.41 Å².